The number of nitrogens with two attached hydrogens (primary N) is 1. The summed E-state index contributed by atoms with van der Waals surface area (Å²) in [5.41, 5.74) is 5.76. The lowest BCUT2D eigenvalue weighted by Gasteiger charge is -2.11. The summed E-state index contributed by atoms with van der Waals surface area (Å²) in [6.45, 7) is 2.04. The number of nitrogens with one attached hydrogen (secondary N) is 1. The second kappa shape index (κ2) is 4.52. The lowest BCUT2D eigenvalue weighted by molar-refractivity contribution is 0.0940. The highest BCUT2D eigenvalue weighted by Gasteiger charge is 2.30. The first-order chi connectivity index (χ1) is 7.99. The van der Waals surface area contributed by atoms with E-state index < -0.39 is 0 Å². The molecule has 1 aromatic heterocycles. The molecule has 1 heterocycles. The van der Waals surface area contributed by atoms with Gasteiger partial charge in [-0.2, -0.15) is 0 Å². The van der Waals surface area contributed by atoms with Gasteiger partial charge in [0, 0.05) is 20.1 Å². The molecule has 0 aromatic carbocycles. The van der Waals surface area contributed by atoms with Gasteiger partial charge in [-0.15, -0.1) is 0 Å². The van der Waals surface area contributed by atoms with E-state index >= 15 is 0 Å². The molecule has 1 fully saturated rings. The Labute approximate surface area is 105 Å². The van der Waals surface area contributed by atoms with E-state index in [2.05, 4.69) is 10.3 Å². The fraction of sp³-hybridized carbons (Fsp3) is 0.636. The zero-order chi connectivity index (χ0) is 12.6. The molecule has 1 atom stereocenters. The Bertz CT molecular complexity index is 425. The molecule has 2 rings (SSSR count). The highest BCUT2D eigenvalue weighted by atomic mass is 32.1. The SMILES string of the molecule is CC(NC(=O)c1sc(N(C)C)nc1N)C1CC1. The van der Waals surface area contributed by atoms with E-state index in [0.717, 1.165) is 5.13 Å². The molecule has 1 aliphatic rings. The van der Waals surface area contributed by atoms with Crippen molar-refractivity contribution in [2.45, 2.75) is 25.8 Å². The van der Waals surface area contributed by atoms with Crippen molar-refractivity contribution < 1.29 is 4.79 Å². The van der Waals surface area contributed by atoms with Crippen molar-refractivity contribution >= 4 is 28.2 Å². The standard InChI is InChI=1S/C11H18N4OS/c1-6(7-4-5-7)13-10(16)8-9(12)14-11(17-8)15(2)3/h6-7H,4-5,12H2,1-3H3,(H,13,16). The van der Waals surface area contributed by atoms with Crippen LogP contribution in [0.4, 0.5) is 10.9 Å². The number of aromatic nitrogens is 1. The van der Waals surface area contributed by atoms with Crippen LogP contribution in [0.3, 0.4) is 0 Å². The summed E-state index contributed by atoms with van der Waals surface area (Å²) < 4.78 is 0. The van der Waals surface area contributed by atoms with Gasteiger partial charge in [-0.05, 0) is 25.7 Å². The maximum absolute atomic E-state index is 12.0. The first-order valence-electron chi connectivity index (χ1n) is 5.73. The van der Waals surface area contributed by atoms with Gasteiger partial charge in [-0.3, -0.25) is 4.79 Å². The number of carbonyl (C=O) groups is 1. The number of thiazole rings is 1. The van der Waals surface area contributed by atoms with Crippen molar-refractivity contribution in [1.29, 1.82) is 0 Å². The van der Waals surface area contributed by atoms with Gasteiger partial charge in [-0.25, -0.2) is 4.98 Å². The first kappa shape index (κ1) is 12.2. The van der Waals surface area contributed by atoms with Crippen LogP contribution in [0.2, 0.25) is 0 Å². The number of nitrogens with zero attached hydrogens (tertiary/aromatic N) is 2. The highest BCUT2D eigenvalue weighted by Crippen LogP contribution is 2.33. The van der Waals surface area contributed by atoms with E-state index in [-0.39, 0.29) is 11.9 Å². The fourth-order valence-corrected chi connectivity index (χ4v) is 2.47. The van der Waals surface area contributed by atoms with Crippen molar-refractivity contribution in [1.82, 2.24) is 10.3 Å². The molecule has 0 bridgehead atoms. The molecule has 94 valence electrons. The van der Waals surface area contributed by atoms with Gasteiger partial charge >= 0.3 is 0 Å². The molecule has 1 aromatic rings. The molecular formula is C11H18N4OS. The predicted molar refractivity (Wildman–Crippen MR) is 70.5 cm³/mol. The van der Waals surface area contributed by atoms with Crippen LogP contribution in [-0.2, 0) is 0 Å². The van der Waals surface area contributed by atoms with Crippen LogP contribution in [0, 0.1) is 5.92 Å². The third kappa shape index (κ3) is 2.69. The van der Waals surface area contributed by atoms with E-state index in [1.54, 1.807) is 0 Å². The van der Waals surface area contributed by atoms with Gasteiger partial charge in [-0.1, -0.05) is 11.3 Å². The van der Waals surface area contributed by atoms with E-state index in [9.17, 15) is 4.79 Å². The number of carbonyl (C=O) groups excluding carboxylic acids is 1. The second-order valence-corrected chi connectivity index (χ2v) is 5.68. The van der Waals surface area contributed by atoms with Crippen molar-refractivity contribution in [3.05, 3.63) is 4.88 Å². The number of anilines is 2. The summed E-state index contributed by atoms with van der Waals surface area (Å²) in [7, 11) is 3.76. The third-order valence-electron chi connectivity index (χ3n) is 2.92. The molecule has 0 radical (unpaired) electrons. The smallest absolute Gasteiger partial charge is 0.265 e. The number of hydrogen-bond donors (Lipinski definition) is 2. The van der Waals surface area contributed by atoms with E-state index in [1.807, 2.05) is 25.9 Å². The molecule has 17 heavy (non-hydrogen) atoms. The normalized spacial score (nSPS) is 16.6. The average Bonchev–Trinajstić information content (AvgIpc) is 3.01. The quantitative estimate of drug-likeness (QED) is 0.850. The minimum atomic E-state index is -0.104. The lowest BCUT2D eigenvalue weighted by atomic mass is 10.2. The van der Waals surface area contributed by atoms with Gasteiger partial charge in [0.2, 0.25) is 0 Å². The first-order valence-corrected chi connectivity index (χ1v) is 6.55. The summed E-state index contributed by atoms with van der Waals surface area (Å²) in [6, 6.07) is 0.229. The summed E-state index contributed by atoms with van der Waals surface area (Å²) in [5.74, 6) is 0.855. The number of rotatable bonds is 4. The molecule has 1 unspecified atom stereocenters. The molecule has 1 amide bonds. The Morgan fingerprint density at radius 1 is 1.59 bits per heavy atom. The van der Waals surface area contributed by atoms with Crippen LogP contribution >= 0.6 is 11.3 Å². The molecule has 0 saturated heterocycles. The Morgan fingerprint density at radius 2 is 2.24 bits per heavy atom. The van der Waals surface area contributed by atoms with Gasteiger partial charge in [0.25, 0.3) is 5.91 Å². The summed E-state index contributed by atoms with van der Waals surface area (Å²) in [5, 5.41) is 3.74. The van der Waals surface area contributed by atoms with Crippen molar-refractivity contribution in [2.24, 2.45) is 5.92 Å². The van der Waals surface area contributed by atoms with Crippen LogP contribution in [0.1, 0.15) is 29.4 Å². The number of amides is 1. The van der Waals surface area contributed by atoms with E-state index in [0.29, 0.717) is 16.6 Å². The molecule has 1 aliphatic carbocycles. The highest BCUT2D eigenvalue weighted by molar-refractivity contribution is 7.18. The molecular weight excluding hydrogens is 236 g/mol. The van der Waals surface area contributed by atoms with Gasteiger partial charge in [0.1, 0.15) is 10.7 Å². The van der Waals surface area contributed by atoms with Gasteiger partial charge < -0.3 is 16.0 Å². The predicted octanol–water partition coefficient (Wildman–Crippen LogP) is 1.32. The van der Waals surface area contributed by atoms with E-state index in [1.165, 1.54) is 24.2 Å². The number of hydrogen-bond acceptors (Lipinski definition) is 5. The van der Waals surface area contributed by atoms with E-state index in [4.69, 9.17) is 5.73 Å². The fourth-order valence-electron chi connectivity index (χ4n) is 1.66. The van der Waals surface area contributed by atoms with Crippen LogP contribution in [-0.4, -0.2) is 31.0 Å². The number of nitrogen functional groups attached to an aromatic ring is 1. The Hall–Kier alpha value is -1.30. The van der Waals surface area contributed by atoms with Crippen molar-refractivity contribution in [3.8, 4) is 0 Å². The molecule has 0 aliphatic heterocycles. The Balaban J connectivity index is 2.07. The molecule has 6 heteroatoms. The minimum Gasteiger partial charge on any atom is -0.382 e. The maximum atomic E-state index is 12.0. The minimum absolute atomic E-state index is 0.104. The topological polar surface area (TPSA) is 71.2 Å². The van der Waals surface area contributed by atoms with Crippen molar-refractivity contribution in [2.75, 3.05) is 24.7 Å². The van der Waals surface area contributed by atoms with Crippen LogP contribution in [0.5, 0.6) is 0 Å². The largest absolute Gasteiger partial charge is 0.382 e. The lowest BCUT2D eigenvalue weighted by Crippen LogP contribution is -2.33. The second-order valence-electron chi connectivity index (χ2n) is 4.70. The summed E-state index contributed by atoms with van der Waals surface area (Å²) in [6.07, 6.45) is 2.42. The van der Waals surface area contributed by atoms with Crippen LogP contribution in [0.25, 0.3) is 0 Å². The Kier molecular flexibility index (Phi) is 3.24. The summed E-state index contributed by atoms with van der Waals surface area (Å²) in [4.78, 5) is 18.5. The zero-order valence-electron chi connectivity index (χ0n) is 10.4. The molecule has 3 N–H and O–H groups in total. The van der Waals surface area contributed by atoms with Crippen LogP contribution < -0.4 is 16.0 Å². The molecule has 0 spiro atoms. The zero-order valence-corrected chi connectivity index (χ0v) is 11.2. The third-order valence-corrected chi connectivity index (χ3v) is 4.16. The maximum Gasteiger partial charge on any atom is 0.265 e. The summed E-state index contributed by atoms with van der Waals surface area (Å²) >= 11 is 1.33. The monoisotopic (exact) mass is 254 g/mol. The Morgan fingerprint density at radius 3 is 2.71 bits per heavy atom. The molecule has 1 saturated carbocycles. The van der Waals surface area contributed by atoms with Gasteiger partial charge in [0.05, 0.1) is 0 Å². The van der Waals surface area contributed by atoms with Crippen molar-refractivity contribution in [3.63, 3.8) is 0 Å². The average molecular weight is 254 g/mol. The van der Waals surface area contributed by atoms with Crippen LogP contribution in [0.15, 0.2) is 0 Å². The van der Waals surface area contributed by atoms with Gasteiger partial charge in [0.15, 0.2) is 5.13 Å². The molecule has 5 nitrogen and oxygen atoms in total.